The number of aryl methyl sites for hydroxylation is 1. The fraction of sp³-hybridized carbons (Fsp3) is 0.357. The lowest BCUT2D eigenvalue weighted by Crippen LogP contribution is -2.45. The minimum atomic E-state index is -5.01. The summed E-state index contributed by atoms with van der Waals surface area (Å²) in [6.45, 7) is -0.463. The molecule has 0 amide bonds. The largest absolute Gasteiger partial charge is 0.424 e. The van der Waals surface area contributed by atoms with Crippen LogP contribution in [-0.2, 0) is 12.6 Å². The molecule has 0 aliphatic heterocycles. The fourth-order valence-electron chi connectivity index (χ4n) is 2.33. The van der Waals surface area contributed by atoms with Gasteiger partial charge in [0.05, 0.1) is 11.0 Å². The van der Waals surface area contributed by atoms with E-state index in [0.717, 1.165) is 22.9 Å². The second-order valence-corrected chi connectivity index (χ2v) is 5.32. The van der Waals surface area contributed by atoms with E-state index in [1.165, 1.54) is 13.2 Å². The summed E-state index contributed by atoms with van der Waals surface area (Å²) in [5.41, 5.74) is -4.02. The maximum absolute atomic E-state index is 13.3. The first-order valence-electron chi connectivity index (χ1n) is 7.01. The first-order valence-corrected chi connectivity index (χ1v) is 7.01. The molecule has 0 radical (unpaired) electrons. The fourth-order valence-corrected chi connectivity index (χ4v) is 2.33. The van der Waals surface area contributed by atoms with Crippen molar-refractivity contribution < 1.29 is 27.6 Å². The zero-order chi connectivity index (χ0) is 18.8. The van der Waals surface area contributed by atoms with Crippen LogP contribution in [0.25, 0.3) is 0 Å². The van der Waals surface area contributed by atoms with Crippen molar-refractivity contribution in [1.82, 2.24) is 9.55 Å². The number of nitro benzene ring substituents is 1. The summed E-state index contributed by atoms with van der Waals surface area (Å²) in [5, 5.41) is 23.5. The van der Waals surface area contributed by atoms with Crippen molar-refractivity contribution in [2.75, 3.05) is 11.9 Å². The van der Waals surface area contributed by atoms with Crippen molar-refractivity contribution in [1.29, 1.82) is 0 Å². The van der Waals surface area contributed by atoms with Gasteiger partial charge in [0.1, 0.15) is 17.3 Å². The molecule has 0 aliphatic carbocycles. The summed E-state index contributed by atoms with van der Waals surface area (Å²) >= 11 is 0. The highest BCUT2D eigenvalue weighted by Crippen LogP contribution is 2.40. The van der Waals surface area contributed by atoms with E-state index in [2.05, 4.69) is 10.3 Å². The standard InChI is InChI=1S/C14H14F4N4O3/c1-21-7-6-20-12(21)13(23,14(16,17)18)4-5-19-10-3-2-9(15)8-11(10)22(24)25/h2-3,6-8,19,23H,4-5H2,1H3. The number of halogens is 4. The van der Waals surface area contributed by atoms with E-state index in [9.17, 15) is 32.8 Å². The van der Waals surface area contributed by atoms with Crippen molar-refractivity contribution >= 4 is 11.4 Å². The summed E-state index contributed by atoms with van der Waals surface area (Å²) in [6, 6.07) is 2.63. The van der Waals surface area contributed by atoms with Gasteiger partial charge in [0.25, 0.3) is 5.69 Å². The Kier molecular flexibility index (Phi) is 4.97. The lowest BCUT2D eigenvalue weighted by Gasteiger charge is -2.30. The molecule has 0 saturated heterocycles. The van der Waals surface area contributed by atoms with Crippen LogP contribution < -0.4 is 5.32 Å². The highest BCUT2D eigenvalue weighted by atomic mass is 19.4. The number of benzene rings is 1. The number of nitro groups is 1. The highest BCUT2D eigenvalue weighted by Gasteiger charge is 2.57. The molecule has 1 aromatic carbocycles. The zero-order valence-corrected chi connectivity index (χ0v) is 12.9. The van der Waals surface area contributed by atoms with E-state index in [1.807, 2.05) is 0 Å². The van der Waals surface area contributed by atoms with Gasteiger partial charge in [-0.1, -0.05) is 0 Å². The van der Waals surface area contributed by atoms with Crippen LogP contribution >= 0.6 is 0 Å². The number of rotatable bonds is 6. The summed E-state index contributed by atoms with van der Waals surface area (Å²) < 4.78 is 54.1. The van der Waals surface area contributed by atoms with Gasteiger partial charge in [-0.15, -0.1) is 0 Å². The second kappa shape index (κ2) is 6.67. The summed E-state index contributed by atoms with van der Waals surface area (Å²) in [5.74, 6) is -1.45. The molecule has 0 spiro atoms. The lowest BCUT2D eigenvalue weighted by molar-refractivity contribution is -0.384. The number of aromatic nitrogens is 2. The molecule has 136 valence electrons. The zero-order valence-electron chi connectivity index (χ0n) is 12.9. The molecule has 2 aromatic rings. The molecule has 7 nitrogen and oxygen atoms in total. The second-order valence-electron chi connectivity index (χ2n) is 5.32. The SMILES string of the molecule is Cn1ccnc1C(O)(CCNc1ccc(F)cc1[N+](=O)[O-])C(F)(F)F. The van der Waals surface area contributed by atoms with Crippen molar-refractivity contribution in [2.45, 2.75) is 18.2 Å². The average molecular weight is 362 g/mol. The normalized spacial score (nSPS) is 14.2. The maximum Gasteiger partial charge on any atom is 0.424 e. The molecule has 2 N–H and O–H groups in total. The quantitative estimate of drug-likeness (QED) is 0.468. The van der Waals surface area contributed by atoms with E-state index in [-0.39, 0.29) is 5.69 Å². The maximum atomic E-state index is 13.3. The third-order valence-electron chi connectivity index (χ3n) is 3.62. The molecular weight excluding hydrogens is 348 g/mol. The summed E-state index contributed by atoms with van der Waals surface area (Å²) in [6.07, 6.45) is -3.49. The number of hydrogen-bond donors (Lipinski definition) is 2. The Morgan fingerprint density at radius 1 is 1.40 bits per heavy atom. The van der Waals surface area contributed by atoms with Crippen molar-refractivity contribution in [3.8, 4) is 0 Å². The molecule has 0 saturated carbocycles. The summed E-state index contributed by atoms with van der Waals surface area (Å²) in [4.78, 5) is 13.6. The monoisotopic (exact) mass is 362 g/mol. The molecular formula is C14H14F4N4O3. The van der Waals surface area contributed by atoms with Crippen LogP contribution in [0.3, 0.4) is 0 Å². The minimum Gasteiger partial charge on any atom is -0.379 e. The Morgan fingerprint density at radius 3 is 2.60 bits per heavy atom. The molecule has 0 bridgehead atoms. The number of alkyl halides is 3. The highest BCUT2D eigenvalue weighted by molar-refractivity contribution is 5.61. The van der Waals surface area contributed by atoms with E-state index in [4.69, 9.17) is 0 Å². The van der Waals surface area contributed by atoms with Gasteiger partial charge in [-0.25, -0.2) is 9.37 Å². The summed E-state index contributed by atoms with van der Waals surface area (Å²) in [7, 11) is 1.30. The van der Waals surface area contributed by atoms with Crippen molar-refractivity contribution in [2.24, 2.45) is 7.05 Å². The third kappa shape index (κ3) is 3.71. The van der Waals surface area contributed by atoms with Gasteiger partial charge >= 0.3 is 6.18 Å². The van der Waals surface area contributed by atoms with E-state index >= 15 is 0 Å². The molecule has 0 fully saturated rings. The number of nitrogens with one attached hydrogen (secondary N) is 1. The Morgan fingerprint density at radius 2 is 2.08 bits per heavy atom. The van der Waals surface area contributed by atoms with Gasteiger partial charge in [0.2, 0.25) is 5.60 Å². The topological polar surface area (TPSA) is 93.2 Å². The molecule has 0 aliphatic rings. The molecule has 2 rings (SSSR count). The predicted molar refractivity (Wildman–Crippen MR) is 79.3 cm³/mol. The smallest absolute Gasteiger partial charge is 0.379 e. The number of imidazole rings is 1. The Balaban J connectivity index is 2.21. The van der Waals surface area contributed by atoms with E-state index < -0.39 is 47.0 Å². The Bertz CT molecular complexity index is 778. The van der Waals surface area contributed by atoms with Gasteiger partial charge < -0.3 is 15.0 Å². The van der Waals surface area contributed by atoms with Crippen LogP contribution in [0.2, 0.25) is 0 Å². The number of anilines is 1. The molecule has 1 heterocycles. The van der Waals surface area contributed by atoms with Crippen LogP contribution in [0.5, 0.6) is 0 Å². The van der Waals surface area contributed by atoms with Gasteiger partial charge in [-0.3, -0.25) is 10.1 Å². The van der Waals surface area contributed by atoms with Crippen LogP contribution in [0.1, 0.15) is 12.2 Å². The van der Waals surface area contributed by atoms with E-state index in [1.54, 1.807) is 0 Å². The first-order chi connectivity index (χ1) is 11.6. The Hall–Kier alpha value is -2.69. The van der Waals surface area contributed by atoms with Crippen LogP contribution in [0.4, 0.5) is 28.9 Å². The molecule has 1 unspecified atom stereocenters. The lowest BCUT2D eigenvalue weighted by atomic mass is 9.97. The molecule has 1 atom stereocenters. The average Bonchev–Trinajstić information content (AvgIpc) is 2.93. The van der Waals surface area contributed by atoms with Crippen LogP contribution in [0, 0.1) is 15.9 Å². The number of hydrogen-bond acceptors (Lipinski definition) is 5. The molecule has 11 heteroatoms. The third-order valence-corrected chi connectivity index (χ3v) is 3.62. The molecule has 25 heavy (non-hydrogen) atoms. The first kappa shape index (κ1) is 18.6. The van der Waals surface area contributed by atoms with Crippen LogP contribution in [-0.4, -0.2) is 32.3 Å². The molecule has 1 aromatic heterocycles. The predicted octanol–water partition coefficient (Wildman–Crippen LogP) is 2.72. The van der Waals surface area contributed by atoms with Crippen molar-refractivity contribution in [3.05, 3.63) is 52.3 Å². The van der Waals surface area contributed by atoms with Crippen LogP contribution in [0.15, 0.2) is 30.6 Å². The van der Waals surface area contributed by atoms with Gasteiger partial charge in [0.15, 0.2) is 0 Å². The van der Waals surface area contributed by atoms with Gasteiger partial charge in [0, 0.05) is 32.4 Å². The van der Waals surface area contributed by atoms with Gasteiger partial charge in [-0.2, -0.15) is 13.2 Å². The van der Waals surface area contributed by atoms with Crippen molar-refractivity contribution in [3.63, 3.8) is 0 Å². The number of aliphatic hydroxyl groups is 1. The van der Waals surface area contributed by atoms with Gasteiger partial charge in [-0.05, 0) is 12.1 Å². The minimum absolute atomic E-state index is 0.157. The van der Waals surface area contributed by atoms with E-state index in [0.29, 0.717) is 6.07 Å². The number of nitrogens with zero attached hydrogens (tertiary/aromatic N) is 3. The Labute approximate surface area is 139 Å².